The number of hydrogen-bond acceptors (Lipinski definition) is 3. The molecule has 0 fully saturated rings. The maximum absolute atomic E-state index is 13.6. The van der Waals surface area contributed by atoms with Gasteiger partial charge >= 0.3 is 5.97 Å². The van der Waals surface area contributed by atoms with E-state index >= 15 is 0 Å². The fraction of sp³-hybridized carbons (Fsp3) is 0.300. The molecule has 2 aromatic carbocycles. The van der Waals surface area contributed by atoms with Crippen LogP contribution in [0.4, 0.5) is 8.78 Å². The third-order valence-electron chi connectivity index (χ3n) is 3.83. The predicted molar refractivity (Wildman–Crippen MR) is 93.4 cm³/mol. The molecule has 26 heavy (non-hydrogen) atoms. The van der Waals surface area contributed by atoms with E-state index < -0.39 is 29.6 Å². The molecule has 4 nitrogen and oxygen atoms in total. The largest absolute Gasteiger partial charge is 0.464 e. The van der Waals surface area contributed by atoms with Crippen molar-refractivity contribution in [1.29, 1.82) is 0 Å². The van der Waals surface area contributed by atoms with Crippen molar-refractivity contribution in [1.82, 2.24) is 5.32 Å². The summed E-state index contributed by atoms with van der Waals surface area (Å²) >= 11 is 0. The summed E-state index contributed by atoms with van der Waals surface area (Å²) in [5, 5.41) is 2.64. The van der Waals surface area contributed by atoms with E-state index in [9.17, 15) is 18.4 Å². The van der Waals surface area contributed by atoms with Crippen LogP contribution in [0.5, 0.6) is 0 Å². The summed E-state index contributed by atoms with van der Waals surface area (Å²) in [5.41, 5.74) is 1.13. The molecule has 0 bridgehead atoms. The van der Waals surface area contributed by atoms with Gasteiger partial charge in [0.25, 0.3) is 0 Å². The first-order valence-electron chi connectivity index (χ1n) is 8.43. The summed E-state index contributed by atoms with van der Waals surface area (Å²) in [6.45, 7) is 1.90. The van der Waals surface area contributed by atoms with Crippen LogP contribution in [-0.4, -0.2) is 24.5 Å². The average molecular weight is 361 g/mol. The van der Waals surface area contributed by atoms with Gasteiger partial charge in [0.15, 0.2) is 0 Å². The fourth-order valence-electron chi connectivity index (χ4n) is 2.53. The number of nitrogens with one attached hydrogen (secondary N) is 1. The second-order valence-electron chi connectivity index (χ2n) is 5.80. The molecular weight excluding hydrogens is 340 g/mol. The van der Waals surface area contributed by atoms with Gasteiger partial charge in [0.2, 0.25) is 5.91 Å². The average Bonchev–Trinajstić information content (AvgIpc) is 2.61. The maximum Gasteiger partial charge on any atom is 0.328 e. The molecule has 2 rings (SSSR count). The lowest BCUT2D eigenvalue weighted by molar-refractivity contribution is -0.147. The summed E-state index contributed by atoms with van der Waals surface area (Å²) in [6, 6.07) is 11.7. The van der Waals surface area contributed by atoms with Crippen LogP contribution < -0.4 is 5.32 Å². The monoisotopic (exact) mass is 361 g/mol. The molecule has 1 unspecified atom stereocenters. The van der Waals surface area contributed by atoms with Crippen LogP contribution >= 0.6 is 0 Å². The smallest absolute Gasteiger partial charge is 0.328 e. The van der Waals surface area contributed by atoms with Gasteiger partial charge in [0.1, 0.15) is 17.7 Å². The molecule has 0 aliphatic heterocycles. The molecular formula is C20H21F2NO3. The molecule has 6 heteroatoms. The predicted octanol–water partition coefficient (Wildman–Crippen LogP) is 3.19. The minimum Gasteiger partial charge on any atom is -0.464 e. The Hall–Kier alpha value is -2.76. The van der Waals surface area contributed by atoms with Crippen molar-refractivity contribution in [3.63, 3.8) is 0 Å². The number of hydrogen-bond donors (Lipinski definition) is 1. The van der Waals surface area contributed by atoms with Crippen LogP contribution in [0, 0.1) is 11.6 Å². The molecule has 0 saturated heterocycles. The molecule has 0 saturated carbocycles. The van der Waals surface area contributed by atoms with Gasteiger partial charge in [-0.15, -0.1) is 0 Å². The number of aryl methyl sites for hydroxylation is 1. The number of esters is 1. The standard InChI is InChI=1S/C20H21F2NO3/c1-2-26-20(25)18(12-14-6-4-3-5-7-14)23-19(24)11-9-15-8-10-16(21)13-17(15)22/h3-8,10,13,18H,2,9,11-12H2,1H3,(H,23,24). The van der Waals surface area contributed by atoms with Gasteiger partial charge in [-0.25, -0.2) is 13.6 Å². The molecule has 0 heterocycles. The molecule has 0 aliphatic carbocycles. The molecule has 1 N–H and O–H groups in total. The van der Waals surface area contributed by atoms with Crippen LogP contribution in [0.15, 0.2) is 48.5 Å². The van der Waals surface area contributed by atoms with Gasteiger partial charge in [0.05, 0.1) is 6.61 Å². The minimum atomic E-state index is -0.817. The molecule has 0 aromatic heterocycles. The van der Waals surface area contributed by atoms with Gasteiger partial charge in [-0.2, -0.15) is 0 Å². The Kier molecular flexibility index (Phi) is 7.26. The highest BCUT2D eigenvalue weighted by molar-refractivity contribution is 5.84. The summed E-state index contributed by atoms with van der Waals surface area (Å²) in [6.07, 6.45) is 0.391. The number of halogens is 2. The lowest BCUT2D eigenvalue weighted by Crippen LogP contribution is -2.43. The zero-order valence-corrected chi connectivity index (χ0v) is 14.5. The summed E-state index contributed by atoms with van der Waals surface area (Å²) in [4.78, 5) is 24.3. The minimum absolute atomic E-state index is 0.0206. The third-order valence-corrected chi connectivity index (χ3v) is 3.83. The number of rotatable bonds is 8. The van der Waals surface area contributed by atoms with Crippen molar-refractivity contribution in [2.75, 3.05) is 6.61 Å². The van der Waals surface area contributed by atoms with Crippen molar-refractivity contribution in [2.45, 2.75) is 32.2 Å². The van der Waals surface area contributed by atoms with Crippen LogP contribution in [-0.2, 0) is 27.2 Å². The van der Waals surface area contributed by atoms with Crippen molar-refractivity contribution >= 4 is 11.9 Å². The Morgan fingerprint density at radius 3 is 2.50 bits per heavy atom. The SMILES string of the molecule is CCOC(=O)C(Cc1ccccc1)NC(=O)CCc1ccc(F)cc1F. The van der Waals surface area contributed by atoms with Crippen molar-refractivity contribution in [3.05, 3.63) is 71.3 Å². The zero-order chi connectivity index (χ0) is 18.9. The molecule has 1 amide bonds. The zero-order valence-electron chi connectivity index (χ0n) is 14.5. The van der Waals surface area contributed by atoms with Crippen LogP contribution in [0.1, 0.15) is 24.5 Å². The topological polar surface area (TPSA) is 55.4 Å². The second kappa shape index (κ2) is 9.65. The molecule has 138 valence electrons. The van der Waals surface area contributed by atoms with E-state index in [2.05, 4.69) is 5.32 Å². The van der Waals surface area contributed by atoms with E-state index in [1.807, 2.05) is 30.3 Å². The van der Waals surface area contributed by atoms with E-state index in [1.54, 1.807) is 6.92 Å². The molecule has 0 aliphatic rings. The normalized spacial score (nSPS) is 11.7. The first-order valence-corrected chi connectivity index (χ1v) is 8.43. The fourth-order valence-corrected chi connectivity index (χ4v) is 2.53. The molecule has 0 radical (unpaired) electrons. The second-order valence-corrected chi connectivity index (χ2v) is 5.80. The molecule has 0 spiro atoms. The Morgan fingerprint density at radius 2 is 1.85 bits per heavy atom. The summed E-state index contributed by atoms with van der Waals surface area (Å²) in [5.74, 6) is -2.27. The van der Waals surface area contributed by atoms with E-state index in [1.165, 1.54) is 6.07 Å². The quantitative estimate of drug-likeness (QED) is 0.735. The van der Waals surface area contributed by atoms with Gasteiger partial charge in [-0.1, -0.05) is 36.4 Å². The van der Waals surface area contributed by atoms with Crippen molar-refractivity contribution < 1.29 is 23.1 Å². The number of carbonyl (C=O) groups is 2. The first kappa shape index (κ1) is 19.6. The van der Waals surface area contributed by atoms with Crippen LogP contribution in [0.25, 0.3) is 0 Å². The van der Waals surface area contributed by atoms with Crippen LogP contribution in [0.3, 0.4) is 0 Å². The Morgan fingerprint density at radius 1 is 1.12 bits per heavy atom. The van der Waals surface area contributed by atoms with Gasteiger partial charge in [-0.3, -0.25) is 4.79 Å². The van der Waals surface area contributed by atoms with E-state index in [4.69, 9.17) is 4.74 Å². The summed E-state index contributed by atoms with van der Waals surface area (Å²) in [7, 11) is 0. The number of ether oxygens (including phenoxy) is 1. The third kappa shape index (κ3) is 5.95. The Bertz CT molecular complexity index is 750. The van der Waals surface area contributed by atoms with Gasteiger partial charge < -0.3 is 10.1 Å². The van der Waals surface area contributed by atoms with E-state index in [0.29, 0.717) is 6.42 Å². The highest BCUT2D eigenvalue weighted by Gasteiger charge is 2.22. The van der Waals surface area contributed by atoms with Gasteiger partial charge in [-0.05, 0) is 30.5 Å². The lowest BCUT2D eigenvalue weighted by Gasteiger charge is -2.17. The number of amides is 1. The van der Waals surface area contributed by atoms with E-state index in [-0.39, 0.29) is 25.0 Å². The number of carbonyl (C=O) groups excluding carboxylic acids is 2. The van der Waals surface area contributed by atoms with Crippen LogP contribution in [0.2, 0.25) is 0 Å². The number of benzene rings is 2. The maximum atomic E-state index is 13.6. The molecule has 1 atom stereocenters. The van der Waals surface area contributed by atoms with E-state index in [0.717, 1.165) is 17.7 Å². The highest BCUT2D eigenvalue weighted by Crippen LogP contribution is 2.12. The highest BCUT2D eigenvalue weighted by atomic mass is 19.1. The summed E-state index contributed by atoms with van der Waals surface area (Å²) < 4.78 is 31.6. The Balaban J connectivity index is 1.97. The lowest BCUT2D eigenvalue weighted by atomic mass is 10.0. The van der Waals surface area contributed by atoms with Gasteiger partial charge in [0, 0.05) is 18.9 Å². The molecule has 2 aromatic rings. The Labute approximate surface area is 151 Å². The van der Waals surface area contributed by atoms with Crippen molar-refractivity contribution in [2.24, 2.45) is 0 Å². The first-order chi connectivity index (χ1) is 12.5. The van der Waals surface area contributed by atoms with Crippen molar-refractivity contribution in [3.8, 4) is 0 Å².